The lowest BCUT2D eigenvalue weighted by atomic mass is 10.3. The molecule has 1 atom stereocenters. The molecule has 1 aliphatic heterocycles. The number of anilines is 2. The van der Waals surface area contributed by atoms with Crippen molar-refractivity contribution in [1.29, 1.82) is 0 Å². The van der Waals surface area contributed by atoms with Gasteiger partial charge < -0.3 is 5.32 Å². The summed E-state index contributed by atoms with van der Waals surface area (Å²) >= 11 is 10.3. The number of hydrogen-bond donors (Lipinski definition) is 1. The number of thioether (sulfide) groups is 1. The molecule has 3 rings (SSSR count). The first kappa shape index (κ1) is 18.9. The minimum Gasteiger partial charge on any atom is -0.325 e. The summed E-state index contributed by atoms with van der Waals surface area (Å²) in [5.41, 5.74) is 1.17. The van der Waals surface area contributed by atoms with Crippen molar-refractivity contribution in [2.45, 2.75) is 11.7 Å². The van der Waals surface area contributed by atoms with Crippen LogP contribution in [0.15, 0.2) is 53.0 Å². The predicted octanol–water partition coefficient (Wildman–Crippen LogP) is 4.11. The lowest BCUT2D eigenvalue weighted by molar-refractivity contribution is -0.121. The normalized spacial score (nSPS) is 16.8. The maximum Gasteiger partial charge on any atom is 0.247 e. The summed E-state index contributed by atoms with van der Waals surface area (Å²) in [5, 5.41) is 2.76. The molecule has 1 N–H and O–H groups in total. The molecular weight excluding hydrogens is 440 g/mol. The molecule has 3 amide bonds. The summed E-state index contributed by atoms with van der Waals surface area (Å²) in [4.78, 5) is 38.0. The number of nitrogens with zero attached hydrogens (tertiary/aromatic N) is 1. The predicted molar refractivity (Wildman–Crippen MR) is 108 cm³/mol. The molecule has 1 saturated heterocycles. The van der Waals surface area contributed by atoms with E-state index in [2.05, 4.69) is 21.2 Å². The second kappa shape index (κ2) is 8.24. The summed E-state index contributed by atoms with van der Waals surface area (Å²) in [6.07, 6.45) is 0.0911. The largest absolute Gasteiger partial charge is 0.325 e. The number of rotatable bonds is 5. The van der Waals surface area contributed by atoms with E-state index >= 15 is 0 Å². The Balaban J connectivity index is 1.57. The Morgan fingerprint density at radius 2 is 1.81 bits per heavy atom. The van der Waals surface area contributed by atoms with Crippen molar-refractivity contribution >= 4 is 68.4 Å². The fraction of sp³-hybridized carbons (Fsp3) is 0.167. The van der Waals surface area contributed by atoms with Crippen molar-refractivity contribution in [3.63, 3.8) is 0 Å². The van der Waals surface area contributed by atoms with Gasteiger partial charge in [0.1, 0.15) is 0 Å². The van der Waals surface area contributed by atoms with E-state index in [0.29, 0.717) is 16.4 Å². The van der Waals surface area contributed by atoms with Gasteiger partial charge in [-0.1, -0.05) is 27.5 Å². The first-order valence-electron chi connectivity index (χ1n) is 7.73. The zero-order chi connectivity index (χ0) is 18.7. The zero-order valence-electron chi connectivity index (χ0n) is 13.4. The Morgan fingerprint density at radius 3 is 2.46 bits per heavy atom. The SMILES string of the molecule is O=C(CS[C@H]1CC(=O)N(c2ccc(Br)cc2)C1=O)Nc1ccc(Cl)cc1. The molecule has 0 unspecified atom stereocenters. The topological polar surface area (TPSA) is 66.5 Å². The van der Waals surface area contributed by atoms with Gasteiger partial charge in [-0.3, -0.25) is 14.4 Å². The fourth-order valence-corrected chi connectivity index (χ4v) is 3.83. The van der Waals surface area contributed by atoms with Crippen molar-refractivity contribution in [2.24, 2.45) is 0 Å². The molecule has 0 radical (unpaired) electrons. The van der Waals surface area contributed by atoms with Gasteiger partial charge in [-0.25, -0.2) is 4.90 Å². The summed E-state index contributed by atoms with van der Waals surface area (Å²) in [6, 6.07) is 13.7. The average Bonchev–Trinajstić information content (AvgIpc) is 2.90. The summed E-state index contributed by atoms with van der Waals surface area (Å²) in [5.74, 6) is -0.699. The van der Waals surface area contributed by atoms with Crippen LogP contribution in [0.2, 0.25) is 5.02 Å². The van der Waals surface area contributed by atoms with Crippen molar-refractivity contribution < 1.29 is 14.4 Å². The molecule has 1 aliphatic rings. The molecule has 0 saturated carbocycles. The van der Waals surface area contributed by atoms with Gasteiger partial charge in [-0.05, 0) is 48.5 Å². The lowest BCUT2D eigenvalue weighted by Gasteiger charge is -2.15. The monoisotopic (exact) mass is 452 g/mol. The van der Waals surface area contributed by atoms with Crippen LogP contribution in [0.4, 0.5) is 11.4 Å². The summed E-state index contributed by atoms with van der Waals surface area (Å²) < 4.78 is 0.866. The molecule has 1 fully saturated rings. The van der Waals surface area contributed by atoms with E-state index in [-0.39, 0.29) is 29.9 Å². The lowest BCUT2D eigenvalue weighted by Crippen LogP contribution is -2.31. The van der Waals surface area contributed by atoms with E-state index in [1.54, 1.807) is 48.5 Å². The molecule has 0 aromatic heterocycles. The first-order chi connectivity index (χ1) is 12.4. The highest BCUT2D eigenvalue weighted by Crippen LogP contribution is 2.30. The number of amides is 3. The number of hydrogen-bond acceptors (Lipinski definition) is 4. The molecule has 2 aromatic carbocycles. The Bertz CT molecular complexity index is 843. The van der Waals surface area contributed by atoms with E-state index in [0.717, 1.165) is 4.47 Å². The maximum absolute atomic E-state index is 12.5. The number of carbonyl (C=O) groups is 3. The molecule has 5 nitrogen and oxygen atoms in total. The Labute approximate surface area is 168 Å². The molecular formula is C18H14BrClN2O3S. The third-order valence-corrected chi connectivity index (χ3v) is 5.71. The highest BCUT2D eigenvalue weighted by Gasteiger charge is 2.40. The quantitative estimate of drug-likeness (QED) is 0.692. The third kappa shape index (κ3) is 4.47. The second-order valence-electron chi connectivity index (χ2n) is 5.60. The van der Waals surface area contributed by atoms with Gasteiger partial charge in [0.15, 0.2) is 0 Å². The van der Waals surface area contributed by atoms with Crippen LogP contribution in [0.3, 0.4) is 0 Å². The first-order valence-corrected chi connectivity index (χ1v) is 9.95. The van der Waals surface area contributed by atoms with Crippen LogP contribution in [-0.2, 0) is 14.4 Å². The van der Waals surface area contributed by atoms with E-state index in [1.807, 2.05) is 0 Å². The smallest absolute Gasteiger partial charge is 0.247 e. The van der Waals surface area contributed by atoms with Crippen molar-refractivity contribution in [1.82, 2.24) is 0 Å². The number of carbonyl (C=O) groups excluding carboxylic acids is 3. The van der Waals surface area contributed by atoms with Crippen LogP contribution in [0.1, 0.15) is 6.42 Å². The van der Waals surface area contributed by atoms with Gasteiger partial charge in [-0.15, -0.1) is 11.8 Å². The molecule has 1 heterocycles. The molecule has 26 heavy (non-hydrogen) atoms. The molecule has 134 valence electrons. The Morgan fingerprint density at radius 1 is 1.15 bits per heavy atom. The number of halogens is 2. The highest BCUT2D eigenvalue weighted by atomic mass is 79.9. The molecule has 8 heteroatoms. The minimum atomic E-state index is -0.554. The van der Waals surface area contributed by atoms with Crippen LogP contribution < -0.4 is 10.2 Å². The van der Waals surface area contributed by atoms with E-state index in [1.165, 1.54) is 16.7 Å². The van der Waals surface area contributed by atoms with Crippen LogP contribution in [0.5, 0.6) is 0 Å². The van der Waals surface area contributed by atoms with Gasteiger partial charge in [-0.2, -0.15) is 0 Å². The Hall–Kier alpha value is -1.83. The average molecular weight is 454 g/mol. The summed E-state index contributed by atoms with van der Waals surface area (Å²) in [7, 11) is 0. The van der Waals surface area contributed by atoms with Crippen LogP contribution >= 0.6 is 39.3 Å². The number of nitrogens with one attached hydrogen (secondary N) is 1. The molecule has 0 spiro atoms. The number of imide groups is 1. The molecule has 2 aromatic rings. The molecule has 0 aliphatic carbocycles. The fourth-order valence-electron chi connectivity index (χ4n) is 2.50. The van der Waals surface area contributed by atoms with Gasteiger partial charge in [0.2, 0.25) is 17.7 Å². The van der Waals surface area contributed by atoms with E-state index < -0.39 is 5.25 Å². The maximum atomic E-state index is 12.5. The van der Waals surface area contributed by atoms with Crippen molar-refractivity contribution in [2.75, 3.05) is 16.0 Å². The van der Waals surface area contributed by atoms with Gasteiger partial charge >= 0.3 is 0 Å². The van der Waals surface area contributed by atoms with Crippen LogP contribution in [-0.4, -0.2) is 28.7 Å². The minimum absolute atomic E-state index is 0.0838. The zero-order valence-corrected chi connectivity index (χ0v) is 16.6. The standard InChI is InChI=1S/C18H14BrClN2O3S/c19-11-1-7-14(8-2-11)22-17(24)9-15(18(22)25)26-10-16(23)21-13-5-3-12(20)4-6-13/h1-8,15H,9-10H2,(H,21,23)/t15-/m0/s1. The van der Waals surface area contributed by atoms with Crippen molar-refractivity contribution in [3.05, 3.63) is 58.0 Å². The van der Waals surface area contributed by atoms with Gasteiger partial charge in [0.25, 0.3) is 0 Å². The van der Waals surface area contributed by atoms with Crippen molar-refractivity contribution in [3.8, 4) is 0 Å². The summed E-state index contributed by atoms with van der Waals surface area (Å²) in [6.45, 7) is 0. The van der Waals surface area contributed by atoms with E-state index in [9.17, 15) is 14.4 Å². The highest BCUT2D eigenvalue weighted by molar-refractivity contribution is 9.10. The molecule has 0 bridgehead atoms. The number of benzene rings is 2. The third-order valence-electron chi connectivity index (χ3n) is 3.73. The van der Waals surface area contributed by atoms with Crippen LogP contribution in [0, 0.1) is 0 Å². The van der Waals surface area contributed by atoms with Gasteiger partial charge in [0, 0.05) is 21.6 Å². The second-order valence-corrected chi connectivity index (χ2v) is 8.15. The van der Waals surface area contributed by atoms with E-state index in [4.69, 9.17) is 11.6 Å². The Kier molecular flexibility index (Phi) is 6.01. The van der Waals surface area contributed by atoms with Gasteiger partial charge in [0.05, 0.1) is 16.7 Å². The van der Waals surface area contributed by atoms with Crippen LogP contribution in [0.25, 0.3) is 0 Å².